The number of halogens is 2. The fourth-order valence-corrected chi connectivity index (χ4v) is 3.24. The minimum Gasteiger partial charge on any atom is -0.433 e. The maximum atomic E-state index is 13.8. The van der Waals surface area contributed by atoms with Crippen LogP contribution in [-0.2, 0) is 0 Å². The summed E-state index contributed by atoms with van der Waals surface area (Å²) in [5.74, 6) is 0.710. The Balaban J connectivity index is 1.69. The van der Waals surface area contributed by atoms with E-state index >= 15 is 0 Å². The molecule has 0 bridgehead atoms. The Labute approximate surface area is 172 Å². The number of benzene rings is 3. The first kappa shape index (κ1) is 21.0. The highest BCUT2D eigenvalue weighted by Gasteiger charge is 2.30. The quantitative estimate of drug-likeness (QED) is 0.373. The van der Waals surface area contributed by atoms with Crippen LogP contribution in [0.15, 0.2) is 72.8 Å². The molecule has 0 unspecified atom stereocenters. The van der Waals surface area contributed by atoms with E-state index in [1.165, 1.54) is 11.1 Å². The molecule has 0 saturated heterocycles. The average molecular weight is 395 g/mol. The van der Waals surface area contributed by atoms with Crippen molar-refractivity contribution >= 4 is 0 Å². The van der Waals surface area contributed by atoms with Gasteiger partial charge in [0.25, 0.3) is 0 Å². The molecule has 0 radical (unpaired) electrons. The SMILES string of the molecule is CCCCC(F)(F)Oc1ccc(-c2ccc(-c3ccc(C(C)C)cc3)cc2)cc1. The second-order valence-corrected chi connectivity index (χ2v) is 7.72. The molecule has 0 aliphatic heterocycles. The van der Waals surface area contributed by atoms with Gasteiger partial charge >= 0.3 is 6.11 Å². The molecule has 0 fully saturated rings. The predicted octanol–water partition coefficient (Wildman–Crippen LogP) is 8.31. The first-order chi connectivity index (χ1) is 13.9. The lowest BCUT2D eigenvalue weighted by molar-refractivity contribution is -0.181. The van der Waals surface area contributed by atoms with E-state index < -0.39 is 6.11 Å². The van der Waals surface area contributed by atoms with Crippen molar-refractivity contribution in [2.75, 3.05) is 0 Å². The van der Waals surface area contributed by atoms with Gasteiger partial charge in [0, 0.05) is 0 Å². The van der Waals surface area contributed by atoms with Crippen LogP contribution in [0.5, 0.6) is 5.75 Å². The zero-order valence-corrected chi connectivity index (χ0v) is 17.3. The lowest BCUT2D eigenvalue weighted by atomic mass is 9.97. The van der Waals surface area contributed by atoms with E-state index in [0.717, 1.165) is 23.1 Å². The Bertz CT molecular complexity index is 895. The fraction of sp³-hybridized carbons (Fsp3) is 0.308. The molecule has 0 heterocycles. The van der Waals surface area contributed by atoms with Crippen LogP contribution in [0.4, 0.5) is 8.78 Å². The summed E-state index contributed by atoms with van der Waals surface area (Å²) >= 11 is 0. The number of unbranched alkanes of at least 4 members (excludes halogenated alkanes) is 1. The second-order valence-electron chi connectivity index (χ2n) is 7.72. The monoisotopic (exact) mass is 394 g/mol. The van der Waals surface area contributed by atoms with Crippen LogP contribution < -0.4 is 4.74 Å². The Kier molecular flexibility index (Phi) is 6.68. The highest BCUT2D eigenvalue weighted by atomic mass is 19.3. The summed E-state index contributed by atoms with van der Waals surface area (Å²) in [7, 11) is 0. The standard InChI is InChI=1S/C26H28F2O/c1-4-5-18-26(27,28)29-25-16-14-24(15-17-25)23-12-10-22(11-13-23)21-8-6-20(7-9-21)19(2)3/h6-17,19H,4-5,18H2,1-3H3. The molecule has 0 atom stereocenters. The maximum Gasteiger partial charge on any atom is 0.397 e. The summed E-state index contributed by atoms with van der Waals surface area (Å²) in [6.07, 6.45) is -2.22. The summed E-state index contributed by atoms with van der Waals surface area (Å²) in [5, 5.41) is 0. The highest BCUT2D eigenvalue weighted by Crippen LogP contribution is 2.30. The molecule has 0 spiro atoms. The molecule has 0 N–H and O–H groups in total. The first-order valence-electron chi connectivity index (χ1n) is 10.3. The lowest BCUT2D eigenvalue weighted by Crippen LogP contribution is -2.24. The van der Waals surface area contributed by atoms with Crippen molar-refractivity contribution in [3.05, 3.63) is 78.4 Å². The summed E-state index contributed by atoms with van der Waals surface area (Å²) in [5.41, 5.74) is 5.67. The third-order valence-electron chi connectivity index (χ3n) is 5.07. The topological polar surface area (TPSA) is 9.23 Å². The molecule has 3 aromatic carbocycles. The normalized spacial score (nSPS) is 11.7. The molecule has 0 aliphatic rings. The zero-order chi connectivity index (χ0) is 20.9. The van der Waals surface area contributed by atoms with E-state index in [0.29, 0.717) is 12.3 Å². The van der Waals surface area contributed by atoms with Crippen LogP contribution in [0.3, 0.4) is 0 Å². The van der Waals surface area contributed by atoms with E-state index in [1.807, 2.05) is 19.1 Å². The van der Waals surface area contributed by atoms with Crippen LogP contribution >= 0.6 is 0 Å². The molecule has 1 nitrogen and oxygen atoms in total. The molecule has 29 heavy (non-hydrogen) atoms. The van der Waals surface area contributed by atoms with Crippen LogP contribution in [0.2, 0.25) is 0 Å². The number of hydrogen-bond acceptors (Lipinski definition) is 1. The Morgan fingerprint density at radius 1 is 0.724 bits per heavy atom. The third kappa shape index (κ3) is 5.66. The predicted molar refractivity (Wildman–Crippen MR) is 117 cm³/mol. The number of alkyl halides is 2. The van der Waals surface area contributed by atoms with Gasteiger partial charge in [-0.2, -0.15) is 8.78 Å². The van der Waals surface area contributed by atoms with E-state index in [9.17, 15) is 8.78 Å². The lowest BCUT2D eigenvalue weighted by Gasteiger charge is -2.17. The number of ether oxygens (including phenoxy) is 1. The van der Waals surface area contributed by atoms with Crippen molar-refractivity contribution in [1.29, 1.82) is 0 Å². The summed E-state index contributed by atoms with van der Waals surface area (Å²) in [6, 6.07) is 23.8. The zero-order valence-electron chi connectivity index (χ0n) is 17.3. The largest absolute Gasteiger partial charge is 0.433 e. The Hall–Kier alpha value is -2.68. The molecule has 0 aliphatic carbocycles. The molecule has 152 valence electrons. The Morgan fingerprint density at radius 2 is 1.14 bits per heavy atom. The molecule has 0 saturated carbocycles. The third-order valence-corrected chi connectivity index (χ3v) is 5.07. The minimum absolute atomic E-state index is 0.191. The van der Waals surface area contributed by atoms with Crippen LogP contribution in [0, 0.1) is 0 Å². The molecule has 0 amide bonds. The van der Waals surface area contributed by atoms with Gasteiger partial charge in [0.2, 0.25) is 0 Å². The summed E-state index contributed by atoms with van der Waals surface area (Å²) in [6.45, 7) is 6.26. The van der Waals surface area contributed by atoms with Crippen molar-refractivity contribution in [3.8, 4) is 28.0 Å². The van der Waals surface area contributed by atoms with Crippen molar-refractivity contribution in [2.45, 2.75) is 52.1 Å². The van der Waals surface area contributed by atoms with Gasteiger partial charge in [0.1, 0.15) is 5.75 Å². The van der Waals surface area contributed by atoms with Gasteiger partial charge in [0.05, 0.1) is 6.42 Å². The van der Waals surface area contributed by atoms with Gasteiger partial charge in [-0.3, -0.25) is 0 Å². The van der Waals surface area contributed by atoms with E-state index in [2.05, 4.69) is 62.4 Å². The fourth-order valence-electron chi connectivity index (χ4n) is 3.24. The van der Waals surface area contributed by atoms with E-state index in [4.69, 9.17) is 4.74 Å². The Morgan fingerprint density at radius 3 is 1.55 bits per heavy atom. The van der Waals surface area contributed by atoms with Gasteiger partial charge in [-0.05, 0) is 52.3 Å². The number of rotatable bonds is 8. The molecule has 3 rings (SSSR count). The van der Waals surface area contributed by atoms with E-state index in [1.54, 1.807) is 12.1 Å². The summed E-state index contributed by atoms with van der Waals surface area (Å²) < 4.78 is 32.4. The first-order valence-corrected chi connectivity index (χ1v) is 10.3. The van der Waals surface area contributed by atoms with E-state index in [-0.39, 0.29) is 12.2 Å². The van der Waals surface area contributed by atoms with Gasteiger partial charge < -0.3 is 4.74 Å². The van der Waals surface area contributed by atoms with Gasteiger partial charge in [-0.1, -0.05) is 87.9 Å². The van der Waals surface area contributed by atoms with Crippen LogP contribution in [0.25, 0.3) is 22.3 Å². The number of hydrogen-bond donors (Lipinski definition) is 0. The molecule has 3 heteroatoms. The van der Waals surface area contributed by atoms with Crippen LogP contribution in [0.1, 0.15) is 51.5 Å². The smallest absolute Gasteiger partial charge is 0.397 e. The maximum absolute atomic E-state index is 13.8. The average Bonchev–Trinajstić information content (AvgIpc) is 2.73. The van der Waals surface area contributed by atoms with Gasteiger partial charge in [-0.25, -0.2) is 0 Å². The molecule has 3 aromatic rings. The summed E-state index contributed by atoms with van der Waals surface area (Å²) in [4.78, 5) is 0. The van der Waals surface area contributed by atoms with Gasteiger partial charge in [0.15, 0.2) is 0 Å². The van der Waals surface area contributed by atoms with Crippen molar-refractivity contribution in [1.82, 2.24) is 0 Å². The minimum atomic E-state index is -3.12. The van der Waals surface area contributed by atoms with Crippen molar-refractivity contribution in [3.63, 3.8) is 0 Å². The molecular weight excluding hydrogens is 366 g/mol. The van der Waals surface area contributed by atoms with Crippen molar-refractivity contribution in [2.24, 2.45) is 0 Å². The molecule has 0 aromatic heterocycles. The van der Waals surface area contributed by atoms with Gasteiger partial charge in [-0.15, -0.1) is 0 Å². The second kappa shape index (κ2) is 9.21. The van der Waals surface area contributed by atoms with Crippen molar-refractivity contribution < 1.29 is 13.5 Å². The highest BCUT2D eigenvalue weighted by molar-refractivity contribution is 5.70. The van der Waals surface area contributed by atoms with Crippen LogP contribution in [-0.4, -0.2) is 6.11 Å². The molecular formula is C26H28F2O.